The largest absolute Gasteiger partial charge is 1.00 e. The lowest BCUT2D eigenvalue weighted by Gasteiger charge is -2.40. The van der Waals surface area contributed by atoms with Crippen LogP contribution in [0.4, 0.5) is 0 Å². The first-order valence-corrected chi connectivity index (χ1v) is 16.7. The summed E-state index contributed by atoms with van der Waals surface area (Å²) in [5.74, 6) is -0.740. The Bertz CT molecular complexity index is 1580. The highest BCUT2D eigenvalue weighted by Crippen LogP contribution is 2.32. The van der Waals surface area contributed by atoms with E-state index in [4.69, 9.17) is 0 Å². The second kappa shape index (κ2) is 14.4. The molecule has 2 aliphatic heterocycles. The molecule has 0 aromatic heterocycles. The van der Waals surface area contributed by atoms with Gasteiger partial charge in [-0.25, -0.2) is 0 Å². The molecular weight excluding hydrogens is 656 g/mol. The van der Waals surface area contributed by atoms with Crippen LogP contribution in [0.5, 0.6) is 0 Å². The molecule has 0 atom stereocenters. The van der Waals surface area contributed by atoms with Crippen LogP contribution in [0.1, 0.15) is 87.4 Å². The molecule has 252 valence electrons. The maximum Gasteiger partial charge on any atom is 0.261 e. The third kappa shape index (κ3) is 8.19. The molecule has 8 nitrogen and oxygen atoms in total. The quantitative estimate of drug-likeness (QED) is 0.139. The minimum Gasteiger partial charge on any atom is -1.00 e. The van der Waals surface area contributed by atoms with Crippen LogP contribution in [-0.4, -0.2) is 110 Å². The van der Waals surface area contributed by atoms with Gasteiger partial charge < -0.3 is 25.9 Å². The van der Waals surface area contributed by atoms with Crippen molar-refractivity contribution in [2.24, 2.45) is 5.41 Å². The van der Waals surface area contributed by atoms with Gasteiger partial charge in [0.15, 0.2) is 0 Å². The molecule has 0 bridgehead atoms. The van der Waals surface area contributed by atoms with Gasteiger partial charge in [0.1, 0.15) is 0 Å². The molecule has 0 spiro atoms. The van der Waals surface area contributed by atoms with E-state index >= 15 is 0 Å². The fraction of sp³-hybridized carbons (Fsp3) is 0.474. The van der Waals surface area contributed by atoms with Crippen molar-refractivity contribution in [1.82, 2.24) is 9.80 Å². The van der Waals surface area contributed by atoms with E-state index in [0.717, 1.165) is 78.0 Å². The molecule has 0 saturated carbocycles. The van der Waals surface area contributed by atoms with E-state index in [1.165, 1.54) is 9.80 Å². The van der Waals surface area contributed by atoms with Crippen molar-refractivity contribution >= 4 is 34.4 Å². The number of halogens is 1. The SMILES string of the molecule is CC(C)(CN1C(=O)c2cccc3cccc(c23)C1=O)C[N+](C)(C)CCCCCC[N+](C)(C)CCCN1C(=O)c2ccccc2C1=O.[Br-]. The third-order valence-corrected chi connectivity index (χ3v) is 9.60. The number of carbonyl (C=O) groups excluding carboxylic acids is 4. The summed E-state index contributed by atoms with van der Waals surface area (Å²) >= 11 is 0. The molecule has 0 saturated heterocycles. The maximum absolute atomic E-state index is 13.5. The summed E-state index contributed by atoms with van der Waals surface area (Å²) in [5.41, 5.74) is 2.01. The van der Waals surface area contributed by atoms with Crippen molar-refractivity contribution in [2.75, 3.05) is 67.5 Å². The number of benzene rings is 3. The summed E-state index contributed by atoms with van der Waals surface area (Å²) in [6.45, 7) is 9.01. The first kappa shape index (κ1) is 36.4. The van der Waals surface area contributed by atoms with E-state index in [2.05, 4.69) is 42.0 Å². The van der Waals surface area contributed by atoms with Gasteiger partial charge in [-0.05, 0) is 55.3 Å². The molecule has 0 N–H and O–H groups in total. The number of quaternary nitrogens is 2. The van der Waals surface area contributed by atoms with Gasteiger partial charge in [-0.15, -0.1) is 0 Å². The summed E-state index contributed by atoms with van der Waals surface area (Å²) in [7, 11) is 8.93. The van der Waals surface area contributed by atoms with Gasteiger partial charge in [-0.2, -0.15) is 0 Å². The van der Waals surface area contributed by atoms with Crippen molar-refractivity contribution < 1.29 is 45.1 Å². The highest BCUT2D eigenvalue weighted by atomic mass is 79.9. The van der Waals surface area contributed by atoms with Crippen molar-refractivity contribution in [3.05, 3.63) is 82.9 Å². The van der Waals surface area contributed by atoms with E-state index in [9.17, 15) is 19.2 Å². The zero-order valence-electron chi connectivity index (χ0n) is 28.9. The lowest BCUT2D eigenvalue weighted by atomic mass is 9.88. The molecule has 4 amide bonds. The molecule has 2 heterocycles. The Morgan fingerprint density at radius 1 is 0.553 bits per heavy atom. The Labute approximate surface area is 290 Å². The zero-order chi connectivity index (χ0) is 33.3. The van der Waals surface area contributed by atoms with Crippen LogP contribution in [0, 0.1) is 5.41 Å². The van der Waals surface area contributed by atoms with E-state index < -0.39 is 0 Å². The number of fused-ring (bicyclic) bond motifs is 1. The molecule has 0 aliphatic carbocycles. The zero-order valence-corrected chi connectivity index (χ0v) is 30.4. The molecule has 2 aliphatic rings. The fourth-order valence-corrected chi connectivity index (χ4v) is 7.58. The van der Waals surface area contributed by atoms with Crippen LogP contribution >= 0.6 is 0 Å². The molecule has 0 unspecified atom stereocenters. The van der Waals surface area contributed by atoms with Gasteiger partial charge in [0, 0.05) is 41.4 Å². The molecule has 9 heteroatoms. The molecule has 3 aromatic carbocycles. The second-order valence-corrected chi connectivity index (χ2v) is 15.3. The molecule has 0 radical (unpaired) electrons. The Hall–Kier alpha value is -3.40. The van der Waals surface area contributed by atoms with Gasteiger partial charge in [0.25, 0.3) is 23.6 Å². The Balaban J connectivity index is 0.00000500. The molecule has 0 fully saturated rings. The lowest BCUT2D eigenvalue weighted by molar-refractivity contribution is -0.896. The molecule has 5 rings (SSSR count). The number of amides is 4. The number of carbonyl (C=O) groups is 4. The predicted molar refractivity (Wildman–Crippen MR) is 182 cm³/mol. The minimum absolute atomic E-state index is 0. The van der Waals surface area contributed by atoms with Crippen molar-refractivity contribution in [3.63, 3.8) is 0 Å². The van der Waals surface area contributed by atoms with E-state index in [-0.39, 0.29) is 46.0 Å². The van der Waals surface area contributed by atoms with Crippen LogP contribution < -0.4 is 17.0 Å². The summed E-state index contributed by atoms with van der Waals surface area (Å²) in [4.78, 5) is 55.0. The van der Waals surface area contributed by atoms with E-state index in [0.29, 0.717) is 35.3 Å². The van der Waals surface area contributed by atoms with Crippen LogP contribution in [0.2, 0.25) is 0 Å². The van der Waals surface area contributed by atoms with Gasteiger partial charge in [-0.3, -0.25) is 29.0 Å². The van der Waals surface area contributed by atoms with Crippen LogP contribution in [0.3, 0.4) is 0 Å². The normalized spacial score (nSPS) is 15.0. The van der Waals surface area contributed by atoms with E-state index in [1.807, 2.05) is 36.4 Å². The summed E-state index contributed by atoms with van der Waals surface area (Å²) in [6.07, 6.45) is 5.35. The average Bonchev–Trinajstić information content (AvgIpc) is 3.24. The lowest BCUT2D eigenvalue weighted by Crippen LogP contribution is -3.00. The highest BCUT2D eigenvalue weighted by molar-refractivity contribution is 6.25. The standard InChI is InChI=1S/C38H50N4O4.BrH/c1-38(2,26-40-36(45)31-20-13-16-28-17-14-21-32(33(28)31)37(40)46)27-42(5,6)24-12-8-7-11-23-41(3,4)25-15-22-39-34(43)29-18-9-10-19-30(29)35(39)44;/h9-10,13-14,16-21H,7-8,11-12,15,22-27H2,1-6H3;1H/q+2;/p-1. The fourth-order valence-electron chi connectivity index (χ4n) is 7.58. The van der Waals surface area contributed by atoms with Gasteiger partial charge >= 0.3 is 0 Å². The molecule has 47 heavy (non-hydrogen) atoms. The Kier molecular flexibility index (Phi) is 11.1. The van der Waals surface area contributed by atoms with Crippen molar-refractivity contribution in [3.8, 4) is 0 Å². The number of unbranched alkanes of at least 4 members (excludes halogenated alkanes) is 3. The highest BCUT2D eigenvalue weighted by Gasteiger charge is 2.39. The molecule has 3 aromatic rings. The number of imide groups is 2. The topological polar surface area (TPSA) is 74.8 Å². The number of hydrogen-bond acceptors (Lipinski definition) is 4. The maximum atomic E-state index is 13.5. The van der Waals surface area contributed by atoms with Crippen LogP contribution in [0.15, 0.2) is 60.7 Å². The van der Waals surface area contributed by atoms with Gasteiger partial charge in [-0.1, -0.05) is 50.2 Å². The number of nitrogens with zero attached hydrogens (tertiary/aromatic N) is 4. The van der Waals surface area contributed by atoms with Gasteiger partial charge in [0.2, 0.25) is 0 Å². The van der Waals surface area contributed by atoms with Gasteiger partial charge in [0.05, 0.1) is 65.5 Å². The van der Waals surface area contributed by atoms with Crippen LogP contribution in [-0.2, 0) is 0 Å². The predicted octanol–water partition coefficient (Wildman–Crippen LogP) is 2.87. The average molecular weight is 707 g/mol. The summed E-state index contributed by atoms with van der Waals surface area (Å²) in [5, 5.41) is 1.70. The van der Waals surface area contributed by atoms with Crippen LogP contribution in [0.25, 0.3) is 10.8 Å². The second-order valence-electron chi connectivity index (χ2n) is 15.3. The Morgan fingerprint density at radius 2 is 1.00 bits per heavy atom. The number of rotatable bonds is 15. The first-order chi connectivity index (χ1) is 21.7. The molecular formula is C38H50BrN4O4+. The number of hydrogen-bond donors (Lipinski definition) is 0. The smallest absolute Gasteiger partial charge is 0.261 e. The minimum atomic E-state index is -0.246. The van der Waals surface area contributed by atoms with E-state index in [1.54, 1.807) is 24.3 Å². The first-order valence-electron chi connectivity index (χ1n) is 16.7. The summed E-state index contributed by atoms with van der Waals surface area (Å²) in [6, 6.07) is 18.4. The third-order valence-electron chi connectivity index (χ3n) is 9.60. The van der Waals surface area contributed by atoms with Crippen molar-refractivity contribution in [1.29, 1.82) is 0 Å². The summed E-state index contributed by atoms with van der Waals surface area (Å²) < 4.78 is 1.70. The Morgan fingerprint density at radius 3 is 1.53 bits per heavy atom. The monoisotopic (exact) mass is 705 g/mol. The van der Waals surface area contributed by atoms with Crippen molar-refractivity contribution in [2.45, 2.75) is 46.0 Å².